The fourth-order valence-electron chi connectivity index (χ4n) is 2.25. The van der Waals surface area contributed by atoms with E-state index >= 15 is 0 Å². The Bertz CT molecular complexity index is 624. The molecule has 2 aromatic rings. The van der Waals surface area contributed by atoms with Crippen LogP contribution in [0.4, 0.5) is 5.82 Å². The van der Waals surface area contributed by atoms with Crippen LogP contribution >= 0.6 is 23.2 Å². The van der Waals surface area contributed by atoms with Crippen LogP contribution in [0.3, 0.4) is 0 Å². The van der Waals surface area contributed by atoms with Crippen molar-refractivity contribution in [3.8, 4) is 11.4 Å². The van der Waals surface area contributed by atoms with Crippen LogP contribution in [0.2, 0.25) is 10.0 Å². The van der Waals surface area contributed by atoms with Crippen LogP contribution in [-0.2, 0) is 17.8 Å². The Morgan fingerprint density at radius 3 is 2.60 bits per heavy atom. The third-order valence-electron chi connectivity index (χ3n) is 3.18. The van der Waals surface area contributed by atoms with Crippen molar-refractivity contribution in [2.24, 2.45) is 0 Å². The van der Waals surface area contributed by atoms with Crippen LogP contribution in [0, 0.1) is 0 Å². The topological polar surface area (TPSA) is 47.0 Å². The summed E-state index contributed by atoms with van der Waals surface area (Å²) in [6.45, 7) is 1.23. The van der Waals surface area contributed by atoms with Gasteiger partial charge >= 0.3 is 0 Å². The van der Waals surface area contributed by atoms with Crippen molar-refractivity contribution in [3.63, 3.8) is 0 Å². The lowest BCUT2D eigenvalue weighted by Crippen LogP contribution is -2.16. The van der Waals surface area contributed by atoms with E-state index in [1.165, 1.54) is 0 Å². The number of ether oxygens (including phenoxy) is 1. The Labute approximate surface area is 127 Å². The molecule has 3 rings (SSSR count). The maximum Gasteiger partial charge on any atom is 0.161 e. The molecule has 0 saturated heterocycles. The Kier molecular flexibility index (Phi) is 3.78. The molecule has 1 aliphatic rings. The molecule has 4 nitrogen and oxygen atoms in total. The summed E-state index contributed by atoms with van der Waals surface area (Å²) < 4.78 is 5.46. The largest absolute Gasteiger partial charge is 0.376 e. The van der Waals surface area contributed by atoms with Gasteiger partial charge in [0.25, 0.3) is 0 Å². The van der Waals surface area contributed by atoms with Gasteiger partial charge in [-0.2, -0.15) is 0 Å². The van der Waals surface area contributed by atoms with E-state index in [9.17, 15) is 0 Å². The second kappa shape index (κ2) is 5.56. The van der Waals surface area contributed by atoms with Gasteiger partial charge in [0.05, 0.1) is 18.9 Å². The number of nitrogens with one attached hydrogen (secondary N) is 1. The summed E-state index contributed by atoms with van der Waals surface area (Å²) in [6, 6.07) is 5.32. The Morgan fingerprint density at radius 2 is 1.90 bits per heavy atom. The van der Waals surface area contributed by atoms with Crippen LogP contribution in [0.1, 0.15) is 11.3 Å². The SMILES string of the molecule is CNc1nc(-c2cc(Cl)cc(Cl)c2)nc2c1COCC2. The molecule has 1 N–H and O–H groups in total. The van der Waals surface area contributed by atoms with E-state index in [-0.39, 0.29) is 0 Å². The molecular weight excluding hydrogens is 297 g/mol. The molecular formula is C14H13Cl2N3O. The van der Waals surface area contributed by atoms with Crippen molar-refractivity contribution in [1.82, 2.24) is 9.97 Å². The zero-order valence-electron chi connectivity index (χ0n) is 10.9. The Balaban J connectivity index is 2.14. The minimum absolute atomic E-state index is 0.544. The third-order valence-corrected chi connectivity index (χ3v) is 3.62. The molecule has 6 heteroatoms. The summed E-state index contributed by atoms with van der Waals surface area (Å²) in [7, 11) is 1.84. The van der Waals surface area contributed by atoms with Crippen molar-refractivity contribution >= 4 is 29.0 Å². The molecule has 0 unspecified atom stereocenters. The molecule has 104 valence electrons. The molecule has 0 bridgehead atoms. The van der Waals surface area contributed by atoms with Crippen molar-refractivity contribution < 1.29 is 4.74 Å². The molecule has 1 aromatic carbocycles. The number of fused-ring (bicyclic) bond motifs is 1. The zero-order chi connectivity index (χ0) is 14.1. The first kappa shape index (κ1) is 13.6. The second-order valence-corrected chi connectivity index (χ2v) is 5.40. The van der Waals surface area contributed by atoms with Crippen LogP contribution in [0.25, 0.3) is 11.4 Å². The highest BCUT2D eigenvalue weighted by atomic mass is 35.5. The standard InChI is InChI=1S/C14H13Cl2N3O/c1-17-14-11-7-20-3-2-12(11)18-13(19-14)8-4-9(15)6-10(16)5-8/h4-6H,2-3,7H2,1H3,(H,17,18,19). The molecule has 0 radical (unpaired) electrons. The first-order valence-electron chi connectivity index (χ1n) is 6.29. The van der Waals surface area contributed by atoms with E-state index in [0.717, 1.165) is 29.1 Å². The number of rotatable bonds is 2. The number of nitrogens with zero attached hydrogens (tertiary/aromatic N) is 2. The summed E-state index contributed by atoms with van der Waals surface area (Å²) >= 11 is 12.1. The van der Waals surface area contributed by atoms with Crippen molar-refractivity contribution in [1.29, 1.82) is 0 Å². The molecule has 1 aliphatic heterocycles. The maximum absolute atomic E-state index is 6.04. The van der Waals surface area contributed by atoms with E-state index in [2.05, 4.69) is 15.3 Å². The van der Waals surface area contributed by atoms with Gasteiger partial charge in [-0.25, -0.2) is 9.97 Å². The molecule has 0 fully saturated rings. The fraction of sp³-hybridized carbons (Fsp3) is 0.286. The number of aromatic nitrogens is 2. The lowest BCUT2D eigenvalue weighted by Gasteiger charge is -2.19. The average Bonchev–Trinajstić information content (AvgIpc) is 2.45. The predicted molar refractivity (Wildman–Crippen MR) is 80.4 cm³/mol. The van der Waals surface area contributed by atoms with Crippen LogP contribution in [-0.4, -0.2) is 23.6 Å². The van der Waals surface area contributed by atoms with E-state index in [4.69, 9.17) is 27.9 Å². The lowest BCUT2D eigenvalue weighted by atomic mass is 10.1. The number of halogens is 2. The minimum atomic E-state index is 0.544. The fourth-order valence-corrected chi connectivity index (χ4v) is 2.78. The van der Waals surface area contributed by atoms with Gasteiger partial charge in [-0.15, -0.1) is 0 Å². The molecule has 0 spiro atoms. The summed E-state index contributed by atoms with van der Waals surface area (Å²) in [5, 5.41) is 4.24. The molecule has 0 aliphatic carbocycles. The normalized spacial score (nSPS) is 13.9. The highest BCUT2D eigenvalue weighted by Gasteiger charge is 2.18. The molecule has 0 saturated carbocycles. The van der Waals surface area contributed by atoms with Gasteiger partial charge in [0.2, 0.25) is 0 Å². The first-order valence-corrected chi connectivity index (χ1v) is 7.04. The van der Waals surface area contributed by atoms with E-state index in [0.29, 0.717) is 29.1 Å². The first-order chi connectivity index (χ1) is 9.67. The van der Waals surface area contributed by atoms with Crippen LogP contribution in [0.15, 0.2) is 18.2 Å². The second-order valence-electron chi connectivity index (χ2n) is 4.53. The number of hydrogen-bond donors (Lipinski definition) is 1. The highest BCUT2D eigenvalue weighted by molar-refractivity contribution is 6.35. The van der Waals surface area contributed by atoms with E-state index in [1.54, 1.807) is 6.07 Å². The summed E-state index contributed by atoms with van der Waals surface area (Å²) in [5.74, 6) is 1.42. The van der Waals surface area contributed by atoms with Crippen molar-refractivity contribution in [2.75, 3.05) is 19.0 Å². The molecule has 20 heavy (non-hydrogen) atoms. The molecule has 2 heterocycles. The summed E-state index contributed by atoms with van der Waals surface area (Å²) in [4.78, 5) is 9.16. The van der Waals surface area contributed by atoms with Crippen molar-refractivity contribution in [3.05, 3.63) is 39.5 Å². The minimum Gasteiger partial charge on any atom is -0.376 e. The zero-order valence-corrected chi connectivity index (χ0v) is 12.4. The summed E-state index contributed by atoms with van der Waals surface area (Å²) in [6.07, 6.45) is 0.786. The Hall–Kier alpha value is -1.36. The van der Waals surface area contributed by atoms with Gasteiger partial charge in [-0.3, -0.25) is 0 Å². The van der Waals surface area contributed by atoms with Crippen LogP contribution in [0.5, 0.6) is 0 Å². The van der Waals surface area contributed by atoms with Crippen molar-refractivity contribution in [2.45, 2.75) is 13.0 Å². The monoisotopic (exact) mass is 309 g/mol. The number of benzene rings is 1. The Morgan fingerprint density at radius 1 is 1.15 bits per heavy atom. The maximum atomic E-state index is 6.04. The van der Waals surface area contributed by atoms with Gasteiger partial charge in [0, 0.05) is 34.6 Å². The van der Waals surface area contributed by atoms with Gasteiger partial charge < -0.3 is 10.1 Å². The lowest BCUT2D eigenvalue weighted by molar-refractivity contribution is 0.109. The molecule has 0 amide bonds. The van der Waals surface area contributed by atoms with E-state index < -0.39 is 0 Å². The van der Waals surface area contributed by atoms with Gasteiger partial charge in [-0.05, 0) is 18.2 Å². The van der Waals surface area contributed by atoms with Gasteiger partial charge in [-0.1, -0.05) is 23.2 Å². The van der Waals surface area contributed by atoms with E-state index in [1.807, 2.05) is 19.2 Å². The summed E-state index contributed by atoms with van der Waals surface area (Å²) in [5.41, 5.74) is 2.85. The third kappa shape index (κ3) is 2.59. The smallest absolute Gasteiger partial charge is 0.161 e. The highest BCUT2D eigenvalue weighted by Crippen LogP contribution is 2.29. The molecule has 0 atom stereocenters. The molecule has 1 aromatic heterocycles. The van der Waals surface area contributed by atoms with Gasteiger partial charge in [0.1, 0.15) is 5.82 Å². The number of hydrogen-bond acceptors (Lipinski definition) is 4. The predicted octanol–water partition coefficient (Wildman–Crippen LogP) is 3.56. The van der Waals surface area contributed by atoms with Crippen LogP contribution < -0.4 is 5.32 Å². The number of anilines is 1. The van der Waals surface area contributed by atoms with Gasteiger partial charge in [0.15, 0.2) is 5.82 Å². The average molecular weight is 310 g/mol. The quantitative estimate of drug-likeness (QED) is 0.921.